The van der Waals surface area contributed by atoms with Crippen LogP contribution in [0.4, 0.5) is 0 Å². The zero-order chi connectivity index (χ0) is 37.9. The van der Waals surface area contributed by atoms with Crippen molar-refractivity contribution in [2.75, 3.05) is 47.5 Å². The lowest BCUT2D eigenvalue weighted by Crippen LogP contribution is -2.37. The van der Waals surface area contributed by atoms with Crippen LogP contribution in [0.25, 0.3) is 0 Å². The SMILES string of the molecule is CCC/C=C\C/C=C\CCCCCCCC(=O)OC(COC(=O)CCCCCCC/C=C\CCCCCCC)COP(=O)(O)OCC[N+](C)(C)C. The summed E-state index contributed by atoms with van der Waals surface area (Å²) in [5, 5.41) is 0. The van der Waals surface area contributed by atoms with E-state index in [1.165, 1.54) is 44.9 Å². The number of rotatable bonds is 36. The molecule has 0 saturated heterocycles. The molecule has 0 aromatic rings. The molecule has 0 spiro atoms. The molecule has 0 aromatic carbocycles. The molecule has 2 unspecified atom stereocenters. The number of hydrogen-bond donors (Lipinski definition) is 1. The normalized spacial score (nSPS) is 14.1. The van der Waals surface area contributed by atoms with Gasteiger partial charge in [-0.2, -0.15) is 0 Å². The van der Waals surface area contributed by atoms with Gasteiger partial charge in [0.1, 0.15) is 19.8 Å². The predicted molar refractivity (Wildman–Crippen MR) is 210 cm³/mol. The molecule has 0 fully saturated rings. The van der Waals surface area contributed by atoms with Crippen LogP contribution in [0, 0.1) is 0 Å². The minimum atomic E-state index is -4.37. The van der Waals surface area contributed by atoms with Crippen LogP contribution in [0.1, 0.15) is 162 Å². The van der Waals surface area contributed by atoms with Gasteiger partial charge in [-0.15, -0.1) is 0 Å². The van der Waals surface area contributed by atoms with E-state index >= 15 is 0 Å². The van der Waals surface area contributed by atoms with Crippen molar-refractivity contribution in [3.8, 4) is 0 Å². The number of ether oxygens (including phenoxy) is 2. The number of hydrogen-bond acceptors (Lipinski definition) is 7. The first-order chi connectivity index (χ1) is 24.5. The number of phosphoric ester groups is 1. The Hall–Kier alpha value is -1.77. The molecule has 51 heavy (non-hydrogen) atoms. The van der Waals surface area contributed by atoms with Crippen molar-refractivity contribution in [2.45, 2.75) is 168 Å². The number of esters is 2. The number of quaternary nitrogens is 1. The average Bonchev–Trinajstić information content (AvgIpc) is 3.07. The van der Waals surface area contributed by atoms with Gasteiger partial charge in [0.2, 0.25) is 0 Å². The molecular weight excluding hydrogens is 665 g/mol. The molecule has 9 nitrogen and oxygen atoms in total. The fraction of sp³-hybridized carbons (Fsp3) is 0.805. The average molecular weight is 743 g/mol. The first kappa shape index (κ1) is 49.2. The van der Waals surface area contributed by atoms with Gasteiger partial charge in [-0.25, -0.2) is 4.57 Å². The molecule has 0 aliphatic heterocycles. The minimum absolute atomic E-state index is 0.0271. The van der Waals surface area contributed by atoms with Gasteiger partial charge >= 0.3 is 19.8 Å². The fourth-order valence-electron chi connectivity index (χ4n) is 5.16. The minimum Gasteiger partial charge on any atom is -0.462 e. The number of phosphoric acid groups is 1. The molecule has 0 heterocycles. The van der Waals surface area contributed by atoms with Crippen LogP contribution in [0.5, 0.6) is 0 Å². The predicted octanol–water partition coefficient (Wildman–Crippen LogP) is 11.0. The summed E-state index contributed by atoms with van der Waals surface area (Å²) in [5.41, 5.74) is 0. The molecule has 10 heteroatoms. The number of allylic oxidation sites excluding steroid dienone is 6. The summed E-state index contributed by atoms with van der Waals surface area (Å²) in [6.45, 7) is 4.31. The maximum atomic E-state index is 12.6. The number of carbonyl (C=O) groups is 2. The van der Waals surface area contributed by atoms with Gasteiger partial charge in [0.25, 0.3) is 0 Å². The number of likely N-dealkylation sites (N-methyl/N-ethyl adjacent to an activating group) is 1. The number of unbranched alkanes of at least 4 members (excludes halogenated alkanes) is 16. The topological polar surface area (TPSA) is 108 Å². The Kier molecular flexibility index (Phi) is 32.8. The van der Waals surface area contributed by atoms with Crippen LogP contribution in [0.2, 0.25) is 0 Å². The van der Waals surface area contributed by atoms with Crippen molar-refractivity contribution in [3.63, 3.8) is 0 Å². The molecule has 0 radical (unpaired) electrons. The Morgan fingerprint density at radius 3 is 1.65 bits per heavy atom. The first-order valence-corrected chi connectivity index (χ1v) is 21.7. The summed E-state index contributed by atoms with van der Waals surface area (Å²) in [7, 11) is 1.46. The highest BCUT2D eigenvalue weighted by atomic mass is 31.2. The third kappa shape index (κ3) is 37.8. The second kappa shape index (κ2) is 34.0. The zero-order valence-electron chi connectivity index (χ0n) is 33.3. The molecule has 0 aromatic heterocycles. The second-order valence-corrected chi connectivity index (χ2v) is 16.1. The summed E-state index contributed by atoms with van der Waals surface area (Å²) in [5.74, 6) is -0.827. The number of nitrogens with zero attached hydrogens (tertiary/aromatic N) is 1. The first-order valence-electron chi connectivity index (χ1n) is 20.2. The van der Waals surface area contributed by atoms with E-state index in [0.717, 1.165) is 83.5 Å². The summed E-state index contributed by atoms with van der Waals surface area (Å²) in [6.07, 6.45) is 36.1. The summed E-state index contributed by atoms with van der Waals surface area (Å²) in [6, 6.07) is 0. The Balaban J connectivity index is 4.45. The zero-order valence-corrected chi connectivity index (χ0v) is 34.2. The number of carbonyl (C=O) groups excluding carboxylic acids is 2. The molecule has 298 valence electrons. The van der Waals surface area contributed by atoms with E-state index in [4.69, 9.17) is 18.5 Å². The van der Waals surface area contributed by atoms with E-state index in [1.807, 2.05) is 21.1 Å². The van der Waals surface area contributed by atoms with E-state index < -0.39 is 26.5 Å². The third-order valence-electron chi connectivity index (χ3n) is 8.37. The van der Waals surface area contributed by atoms with Gasteiger partial charge in [-0.3, -0.25) is 18.6 Å². The van der Waals surface area contributed by atoms with Crippen LogP contribution in [0.3, 0.4) is 0 Å². The molecule has 0 aliphatic rings. The van der Waals surface area contributed by atoms with Crippen LogP contribution in [-0.4, -0.2) is 74.9 Å². The van der Waals surface area contributed by atoms with Crippen molar-refractivity contribution in [1.29, 1.82) is 0 Å². The molecular formula is C41H77NO8P+. The van der Waals surface area contributed by atoms with Crippen LogP contribution in [-0.2, 0) is 32.7 Å². The standard InChI is InChI=1S/C41H76NO8P/c1-6-8-10-12-14-16-18-20-22-23-25-27-29-31-33-40(43)47-37-39(38-49-51(45,46)48-36-35-42(3,4)5)50-41(44)34-32-30-28-26-24-21-19-17-15-13-11-9-7-2/h11,13,17-20,39H,6-10,12,14-16,21-38H2,1-5H3/p+1/b13-11-,19-17-,20-18-. The van der Waals surface area contributed by atoms with E-state index in [-0.39, 0.29) is 32.0 Å². The van der Waals surface area contributed by atoms with Gasteiger partial charge in [0.15, 0.2) is 6.10 Å². The van der Waals surface area contributed by atoms with Gasteiger partial charge in [0.05, 0.1) is 27.7 Å². The fourth-order valence-corrected chi connectivity index (χ4v) is 5.90. The second-order valence-electron chi connectivity index (χ2n) is 14.7. The molecule has 0 rings (SSSR count). The summed E-state index contributed by atoms with van der Waals surface area (Å²) in [4.78, 5) is 35.2. The smallest absolute Gasteiger partial charge is 0.462 e. The lowest BCUT2D eigenvalue weighted by atomic mass is 10.1. The largest absolute Gasteiger partial charge is 0.472 e. The van der Waals surface area contributed by atoms with Gasteiger partial charge in [-0.05, 0) is 64.2 Å². The summed E-state index contributed by atoms with van der Waals surface area (Å²) >= 11 is 0. The van der Waals surface area contributed by atoms with Gasteiger partial charge in [-0.1, -0.05) is 121 Å². The van der Waals surface area contributed by atoms with E-state index in [2.05, 4.69) is 50.3 Å². The highest BCUT2D eigenvalue weighted by molar-refractivity contribution is 7.47. The quantitative estimate of drug-likeness (QED) is 0.0222. The van der Waals surface area contributed by atoms with Crippen molar-refractivity contribution in [2.24, 2.45) is 0 Å². The molecule has 1 N–H and O–H groups in total. The molecule has 0 bridgehead atoms. The summed E-state index contributed by atoms with van der Waals surface area (Å²) < 4.78 is 34.2. The van der Waals surface area contributed by atoms with E-state index in [0.29, 0.717) is 17.4 Å². The Bertz CT molecular complexity index is 975. The Morgan fingerprint density at radius 2 is 1.10 bits per heavy atom. The van der Waals surface area contributed by atoms with E-state index in [9.17, 15) is 19.0 Å². The Labute approximate surface area is 312 Å². The maximum absolute atomic E-state index is 12.6. The van der Waals surface area contributed by atoms with Crippen molar-refractivity contribution in [3.05, 3.63) is 36.5 Å². The molecule has 0 aliphatic carbocycles. The van der Waals surface area contributed by atoms with Crippen LogP contribution < -0.4 is 0 Å². The van der Waals surface area contributed by atoms with Crippen molar-refractivity contribution in [1.82, 2.24) is 0 Å². The maximum Gasteiger partial charge on any atom is 0.472 e. The lowest BCUT2D eigenvalue weighted by Gasteiger charge is -2.24. The monoisotopic (exact) mass is 743 g/mol. The molecule has 2 atom stereocenters. The van der Waals surface area contributed by atoms with Crippen molar-refractivity contribution < 1.29 is 42.1 Å². The van der Waals surface area contributed by atoms with Crippen molar-refractivity contribution >= 4 is 19.8 Å². The van der Waals surface area contributed by atoms with Gasteiger partial charge < -0.3 is 18.9 Å². The van der Waals surface area contributed by atoms with Crippen LogP contribution in [0.15, 0.2) is 36.5 Å². The van der Waals surface area contributed by atoms with Gasteiger partial charge in [0, 0.05) is 12.8 Å². The highest BCUT2D eigenvalue weighted by Crippen LogP contribution is 2.43. The van der Waals surface area contributed by atoms with E-state index in [1.54, 1.807) is 0 Å². The Morgan fingerprint density at radius 1 is 0.608 bits per heavy atom. The highest BCUT2D eigenvalue weighted by Gasteiger charge is 2.27. The van der Waals surface area contributed by atoms with Crippen LogP contribution >= 0.6 is 7.82 Å². The third-order valence-corrected chi connectivity index (χ3v) is 9.36. The molecule has 0 amide bonds. The lowest BCUT2D eigenvalue weighted by molar-refractivity contribution is -0.870. The molecule has 0 saturated carbocycles.